The zero-order valence-corrected chi connectivity index (χ0v) is 13.3. The summed E-state index contributed by atoms with van der Waals surface area (Å²) in [5.74, 6) is 1.01. The lowest BCUT2D eigenvalue weighted by molar-refractivity contribution is -0.384. The van der Waals surface area contributed by atoms with Gasteiger partial charge < -0.3 is 5.32 Å². The number of hydrogen-bond donors (Lipinski definition) is 1. The minimum atomic E-state index is -0.460. The van der Waals surface area contributed by atoms with Crippen LogP contribution in [0.5, 0.6) is 0 Å². The zero-order valence-electron chi connectivity index (χ0n) is 13.3. The second kappa shape index (κ2) is 5.95. The maximum atomic E-state index is 11.4. The van der Waals surface area contributed by atoms with E-state index in [0.29, 0.717) is 17.4 Å². The molecular formula is C17H20N4O2. The fourth-order valence-electron chi connectivity index (χ4n) is 3.47. The average Bonchev–Trinajstić information content (AvgIpc) is 2.92. The largest absolute Gasteiger partial charge is 0.367 e. The third-order valence-corrected chi connectivity index (χ3v) is 4.81. The molecular weight excluding hydrogens is 292 g/mol. The number of anilines is 1. The first kappa shape index (κ1) is 15.4. The normalized spacial score (nSPS) is 23.7. The summed E-state index contributed by atoms with van der Waals surface area (Å²) in [5.41, 5.74) is 1.06. The van der Waals surface area contributed by atoms with Crippen molar-refractivity contribution >= 4 is 11.4 Å². The quantitative estimate of drug-likeness (QED) is 0.685. The molecule has 0 aliphatic heterocycles. The highest BCUT2D eigenvalue weighted by molar-refractivity contribution is 5.67. The first-order valence-electron chi connectivity index (χ1n) is 7.84. The molecule has 1 aliphatic rings. The zero-order chi connectivity index (χ0) is 16.4. The van der Waals surface area contributed by atoms with E-state index >= 15 is 0 Å². The summed E-state index contributed by atoms with van der Waals surface area (Å²) in [6.45, 7) is 4.04. The van der Waals surface area contributed by atoms with Gasteiger partial charge in [0.25, 0.3) is 5.69 Å². The summed E-state index contributed by atoms with van der Waals surface area (Å²) in [5, 5.41) is 14.9. The first-order chi connectivity index (χ1) is 11.0. The monoisotopic (exact) mass is 312 g/mol. The van der Waals surface area contributed by atoms with Crippen LogP contribution in [0.1, 0.15) is 37.6 Å². The van der Waals surface area contributed by atoms with Gasteiger partial charge in [-0.2, -0.15) is 0 Å². The van der Waals surface area contributed by atoms with Crippen LogP contribution in [0.4, 0.5) is 11.4 Å². The number of nitrogens with zero attached hydrogens (tertiary/aromatic N) is 3. The molecule has 2 unspecified atom stereocenters. The molecule has 1 fully saturated rings. The van der Waals surface area contributed by atoms with Crippen molar-refractivity contribution < 1.29 is 4.92 Å². The number of para-hydroxylation sites is 1. The number of benzene rings is 1. The van der Waals surface area contributed by atoms with Crippen molar-refractivity contribution in [1.29, 1.82) is 0 Å². The Balaban J connectivity index is 2.10. The molecule has 1 N–H and O–H groups in total. The maximum absolute atomic E-state index is 11.4. The molecule has 0 spiro atoms. The van der Waals surface area contributed by atoms with Gasteiger partial charge in [0, 0.05) is 18.5 Å². The van der Waals surface area contributed by atoms with Gasteiger partial charge in [-0.3, -0.25) is 10.1 Å². The van der Waals surface area contributed by atoms with E-state index in [0.717, 1.165) is 24.8 Å². The van der Waals surface area contributed by atoms with Crippen molar-refractivity contribution in [2.45, 2.75) is 38.6 Å². The van der Waals surface area contributed by atoms with Gasteiger partial charge in [-0.05, 0) is 37.3 Å². The van der Waals surface area contributed by atoms with Crippen LogP contribution < -0.4 is 5.32 Å². The third-order valence-electron chi connectivity index (χ3n) is 4.81. The number of aromatic nitrogens is 2. The van der Waals surface area contributed by atoms with Gasteiger partial charge in [-0.1, -0.05) is 25.5 Å². The van der Waals surface area contributed by atoms with E-state index in [1.807, 2.05) is 13.0 Å². The highest BCUT2D eigenvalue weighted by Crippen LogP contribution is 2.46. The standard InChI is InChI=1S/C17H20N4O2/c1-12-6-3-8-14(21(22)23)15(12)20-17(9-4-7-13(17)2)16-18-10-5-11-19-16/h3,5-6,8,10-11,13,20H,4,7,9H2,1-2H3. The smallest absolute Gasteiger partial charge is 0.292 e. The van der Waals surface area contributed by atoms with E-state index in [1.165, 1.54) is 6.07 Å². The highest BCUT2D eigenvalue weighted by atomic mass is 16.6. The van der Waals surface area contributed by atoms with Gasteiger partial charge in [-0.15, -0.1) is 0 Å². The lowest BCUT2D eigenvalue weighted by Crippen LogP contribution is -2.40. The second-order valence-corrected chi connectivity index (χ2v) is 6.19. The molecule has 0 saturated heterocycles. The van der Waals surface area contributed by atoms with Crippen LogP contribution in [0.2, 0.25) is 0 Å². The number of rotatable bonds is 4. The Morgan fingerprint density at radius 1 is 1.30 bits per heavy atom. The summed E-state index contributed by atoms with van der Waals surface area (Å²) < 4.78 is 0. The fraction of sp³-hybridized carbons (Fsp3) is 0.412. The lowest BCUT2D eigenvalue weighted by Gasteiger charge is -2.34. The molecule has 120 valence electrons. The van der Waals surface area contributed by atoms with Gasteiger partial charge in [-0.25, -0.2) is 9.97 Å². The first-order valence-corrected chi connectivity index (χ1v) is 7.84. The van der Waals surface area contributed by atoms with E-state index in [4.69, 9.17) is 0 Å². The van der Waals surface area contributed by atoms with Crippen LogP contribution >= 0.6 is 0 Å². The summed E-state index contributed by atoms with van der Waals surface area (Å²) in [6.07, 6.45) is 6.41. The molecule has 1 heterocycles. The predicted molar refractivity (Wildman–Crippen MR) is 88.2 cm³/mol. The molecule has 0 bridgehead atoms. The van der Waals surface area contributed by atoms with Crippen molar-refractivity contribution in [3.05, 3.63) is 58.2 Å². The van der Waals surface area contributed by atoms with Gasteiger partial charge >= 0.3 is 0 Å². The highest BCUT2D eigenvalue weighted by Gasteiger charge is 2.45. The molecule has 1 aromatic carbocycles. The van der Waals surface area contributed by atoms with Crippen LogP contribution in [0.3, 0.4) is 0 Å². The average molecular weight is 312 g/mol. The predicted octanol–water partition coefficient (Wildman–Crippen LogP) is 3.82. The molecule has 2 aromatic rings. The van der Waals surface area contributed by atoms with Crippen molar-refractivity contribution in [2.24, 2.45) is 5.92 Å². The summed E-state index contributed by atoms with van der Waals surface area (Å²) in [7, 11) is 0. The van der Waals surface area contributed by atoms with Crippen LogP contribution in [0.25, 0.3) is 0 Å². The molecule has 23 heavy (non-hydrogen) atoms. The lowest BCUT2D eigenvalue weighted by atomic mass is 9.86. The minimum absolute atomic E-state index is 0.0967. The Morgan fingerprint density at radius 3 is 2.65 bits per heavy atom. The SMILES string of the molecule is Cc1cccc([N+](=O)[O-])c1NC1(c2ncccn2)CCCC1C. The molecule has 0 radical (unpaired) electrons. The summed E-state index contributed by atoms with van der Waals surface area (Å²) in [4.78, 5) is 19.9. The number of aryl methyl sites for hydroxylation is 1. The van der Waals surface area contributed by atoms with E-state index in [2.05, 4.69) is 22.2 Å². The Labute approximate surface area is 135 Å². The fourth-order valence-corrected chi connectivity index (χ4v) is 3.47. The number of nitro benzene ring substituents is 1. The molecule has 3 rings (SSSR count). The Bertz CT molecular complexity index is 720. The van der Waals surface area contributed by atoms with Crippen LogP contribution in [-0.4, -0.2) is 14.9 Å². The summed E-state index contributed by atoms with van der Waals surface area (Å²) in [6, 6.07) is 6.92. The Morgan fingerprint density at radius 2 is 2.04 bits per heavy atom. The maximum Gasteiger partial charge on any atom is 0.292 e. The molecule has 6 heteroatoms. The van der Waals surface area contributed by atoms with Crippen molar-refractivity contribution in [3.8, 4) is 0 Å². The number of nitrogens with one attached hydrogen (secondary N) is 1. The van der Waals surface area contributed by atoms with Crippen LogP contribution in [-0.2, 0) is 5.54 Å². The van der Waals surface area contributed by atoms with E-state index in [-0.39, 0.29) is 10.6 Å². The molecule has 1 saturated carbocycles. The molecule has 0 amide bonds. The van der Waals surface area contributed by atoms with Crippen LogP contribution in [0.15, 0.2) is 36.7 Å². The third kappa shape index (κ3) is 2.65. The Hall–Kier alpha value is -2.50. The van der Waals surface area contributed by atoms with Crippen molar-refractivity contribution in [1.82, 2.24) is 9.97 Å². The Kier molecular flexibility index (Phi) is 3.98. The minimum Gasteiger partial charge on any atom is -0.367 e. The molecule has 6 nitrogen and oxygen atoms in total. The van der Waals surface area contributed by atoms with E-state index in [1.54, 1.807) is 24.5 Å². The van der Waals surface area contributed by atoms with Gasteiger partial charge in [0.1, 0.15) is 11.2 Å². The van der Waals surface area contributed by atoms with E-state index < -0.39 is 5.54 Å². The van der Waals surface area contributed by atoms with Gasteiger partial charge in [0.15, 0.2) is 5.82 Å². The molecule has 1 aliphatic carbocycles. The van der Waals surface area contributed by atoms with Gasteiger partial charge in [0.2, 0.25) is 0 Å². The summed E-state index contributed by atoms with van der Waals surface area (Å²) >= 11 is 0. The molecule has 2 atom stereocenters. The number of hydrogen-bond acceptors (Lipinski definition) is 5. The molecule has 1 aromatic heterocycles. The van der Waals surface area contributed by atoms with Gasteiger partial charge in [0.05, 0.1) is 4.92 Å². The van der Waals surface area contributed by atoms with Crippen molar-refractivity contribution in [2.75, 3.05) is 5.32 Å². The van der Waals surface area contributed by atoms with Crippen LogP contribution in [0, 0.1) is 23.0 Å². The topological polar surface area (TPSA) is 81.0 Å². The van der Waals surface area contributed by atoms with Crippen molar-refractivity contribution in [3.63, 3.8) is 0 Å². The van der Waals surface area contributed by atoms with E-state index in [9.17, 15) is 10.1 Å². The number of nitro groups is 1. The second-order valence-electron chi connectivity index (χ2n) is 6.19.